The van der Waals surface area contributed by atoms with Crippen molar-refractivity contribution < 1.29 is 4.74 Å². The second-order valence-electron chi connectivity index (χ2n) is 5.14. The molecular weight excluding hydrogens is 186 g/mol. The summed E-state index contributed by atoms with van der Waals surface area (Å²) in [5.74, 6) is 1.77. The SMILES string of the molecule is CCC(CC)C(N)C1C(C)OC(C)C1C. The first kappa shape index (κ1) is 13.0. The number of rotatable bonds is 4. The lowest BCUT2D eigenvalue weighted by molar-refractivity contribution is 0.0464. The van der Waals surface area contributed by atoms with Crippen molar-refractivity contribution in [3.8, 4) is 0 Å². The molecule has 2 nitrogen and oxygen atoms in total. The van der Waals surface area contributed by atoms with E-state index in [4.69, 9.17) is 10.5 Å². The van der Waals surface area contributed by atoms with Crippen LogP contribution in [0, 0.1) is 17.8 Å². The Morgan fingerprint density at radius 2 is 1.60 bits per heavy atom. The van der Waals surface area contributed by atoms with E-state index in [0.717, 1.165) is 0 Å². The Kier molecular flexibility index (Phi) is 4.60. The van der Waals surface area contributed by atoms with Crippen LogP contribution in [0.1, 0.15) is 47.5 Å². The molecule has 0 aromatic carbocycles. The molecular formula is C13H27NO. The molecule has 1 aliphatic heterocycles. The van der Waals surface area contributed by atoms with Crippen LogP contribution in [0.4, 0.5) is 0 Å². The molecule has 1 aliphatic rings. The molecule has 5 atom stereocenters. The van der Waals surface area contributed by atoms with E-state index in [1.54, 1.807) is 0 Å². The molecule has 0 radical (unpaired) electrons. The van der Waals surface area contributed by atoms with Crippen LogP contribution in [0.2, 0.25) is 0 Å². The summed E-state index contributed by atoms with van der Waals surface area (Å²) in [6, 6.07) is 0.301. The minimum atomic E-state index is 0.301. The van der Waals surface area contributed by atoms with Gasteiger partial charge in [0.25, 0.3) is 0 Å². The Morgan fingerprint density at radius 3 is 1.93 bits per heavy atom. The molecule has 0 aromatic rings. The topological polar surface area (TPSA) is 35.2 Å². The van der Waals surface area contributed by atoms with E-state index < -0.39 is 0 Å². The quantitative estimate of drug-likeness (QED) is 0.779. The van der Waals surface area contributed by atoms with E-state index in [9.17, 15) is 0 Å². The Balaban J connectivity index is 2.69. The van der Waals surface area contributed by atoms with E-state index in [2.05, 4.69) is 34.6 Å². The molecule has 2 heteroatoms. The summed E-state index contributed by atoms with van der Waals surface area (Å²) in [6.07, 6.45) is 3.06. The molecule has 5 unspecified atom stereocenters. The maximum absolute atomic E-state index is 6.41. The van der Waals surface area contributed by atoms with Gasteiger partial charge in [0.05, 0.1) is 12.2 Å². The minimum absolute atomic E-state index is 0.301. The minimum Gasteiger partial charge on any atom is -0.375 e. The molecule has 15 heavy (non-hydrogen) atoms. The van der Waals surface area contributed by atoms with Crippen molar-refractivity contribution >= 4 is 0 Å². The maximum Gasteiger partial charge on any atom is 0.0597 e. The molecule has 0 aromatic heterocycles. The summed E-state index contributed by atoms with van der Waals surface area (Å²) in [7, 11) is 0. The third kappa shape index (κ3) is 2.54. The van der Waals surface area contributed by atoms with Crippen LogP contribution < -0.4 is 5.73 Å². The lowest BCUT2D eigenvalue weighted by Crippen LogP contribution is -2.42. The lowest BCUT2D eigenvalue weighted by Gasteiger charge is -2.31. The smallest absolute Gasteiger partial charge is 0.0597 e. The molecule has 1 heterocycles. The molecule has 1 saturated heterocycles. The van der Waals surface area contributed by atoms with Crippen molar-refractivity contribution in [2.24, 2.45) is 23.5 Å². The second kappa shape index (κ2) is 5.31. The van der Waals surface area contributed by atoms with Gasteiger partial charge in [-0.2, -0.15) is 0 Å². The van der Waals surface area contributed by atoms with Crippen LogP contribution in [-0.2, 0) is 4.74 Å². The van der Waals surface area contributed by atoms with Crippen LogP contribution in [0.3, 0.4) is 0 Å². The van der Waals surface area contributed by atoms with Crippen LogP contribution in [0.5, 0.6) is 0 Å². The van der Waals surface area contributed by atoms with Crippen LogP contribution in [0.25, 0.3) is 0 Å². The van der Waals surface area contributed by atoms with E-state index >= 15 is 0 Å². The van der Waals surface area contributed by atoms with Gasteiger partial charge in [0.15, 0.2) is 0 Å². The molecule has 90 valence electrons. The normalized spacial score (nSPS) is 38.6. The van der Waals surface area contributed by atoms with Gasteiger partial charge in [0, 0.05) is 12.0 Å². The monoisotopic (exact) mass is 213 g/mol. The average molecular weight is 213 g/mol. The van der Waals surface area contributed by atoms with Crippen molar-refractivity contribution in [2.45, 2.75) is 65.7 Å². The molecule has 1 fully saturated rings. The lowest BCUT2D eigenvalue weighted by atomic mass is 9.77. The molecule has 0 spiro atoms. The molecule has 0 saturated carbocycles. The molecule has 0 bridgehead atoms. The molecule has 1 rings (SSSR count). The van der Waals surface area contributed by atoms with Crippen LogP contribution in [-0.4, -0.2) is 18.2 Å². The third-order valence-corrected chi connectivity index (χ3v) is 4.36. The van der Waals surface area contributed by atoms with Crippen LogP contribution in [0.15, 0.2) is 0 Å². The molecule has 0 amide bonds. The second-order valence-corrected chi connectivity index (χ2v) is 5.14. The Labute approximate surface area is 94.6 Å². The average Bonchev–Trinajstić information content (AvgIpc) is 2.43. The highest BCUT2D eigenvalue weighted by Gasteiger charge is 2.41. The zero-order valence-electron chi connectivity index (χ0n) is 10.9. The van der Waals surface area contributed by atoms with Crippen molar-refractivity contribution in [1.29, 1.82) is 0 Å². The van der Waals surface area contributed by atoms with Crippen molar-refractivity contribution in [3.05, 3.63) is 0 Å². The fourth-order valence-electron chi connectivity index (χ4n) is 3.10. The third-order valence-electron chi connectivity index (χ3n) is 4.36. The van der Waals surface area contributed by atoms with Crippen molar-refractivity contribution in [2.75, 3.05) is 0 Å². The summed E-state index contributed by atoms with van der Waals surface area (Å²) in [4.78, 5) is 0. The van der Waals surface area contributed by atoms with Gasteiger partial charge >= 0.3 is 0 Å². The summed E-state index contributed by atoms with van der Waals surface area (Å²) in [6.45, 7) is 11.1. The largest absolute Gasteiger partial charge is 0.375 e. The predicted molar refractivity (Wildman–Crippen MR) is 64.7 cm³/mol. The van der Waals surface area contributed by atoms with Crippen molar-refractivity contribution in [3.63, 3.8) is 0 Å². The van der Waals surface area contributed by atoms with Gasteiger partial charge in [-0.1, -0.05) is 33.6 Å². The van der Waals surface area contributed by atoms with E-state index in [1.807, 2.05) is 0 Å². The summed E-state index contributed by atoms with van der Waals surface area (Å²) >= 11 is 0. The predicted octanol–water partition coefficient (Wildman–Crippen LogP) is 2.81. The summed E-state index contributed by atoms with van der Waals surface area (Å²) in [5, 5.41) is 0. The van der Waals surface area contributed by atoms with Gasteiger partial charge in [-0.05, 0) is 25.7 Å². The highest BCUT2D eigenvalue weighted by Crippen LogP contribution is 2.36. The van der Waals surface area contributed by atoms with E-state index in [0.29, 0.717) is 36.0 Å². The molecule has 2 N–H and O–H groups in total. The number of hydrogen-bond donors (Lipinski definition) is 1. The Morgan fingerprint density at radius 1 is 1.07 bits per heavy atom. The van der Waals surface area contributed by atoms with Crippen LogP contribution >= 0.6 is 0 Å². The van der Waals surface area contributed by atoms with Gasteiger partial charge in [-0.15, -0.1) is 0 Å². The first-order valence-electron chi connectivity index (χ1n) is 6.43. The fraction of sp³-hybridized carbons (Fsp3) is 1.00. The van der Waals surface area contributed by atoms with Crippen molar-refractivity contribution in [1.82, 2.24) is 0 Å². The number of hydrogen-bond acceptors (Lipinski definition) is 2. The highest BCUT2D eigenvalue weighted by molar-refractivity contribution is 4.92. The first-order chi connectivity index (χ1) is 7.02. The van der Waals surface area contributed by atoms with Gasteiger partial charge in [-0.25, -0.2) is 0 Å². The van der Waals surface area contributed by atoms with Gasteiger partial charge in [0.1, 0.15) is 0 Å². The van der Waals surface area contributed by atoms with Gasteiger partial charge in [0.2, 0.25) is 0 Å². The Bertz CT molecular complexity index is 191. The number of ether oxygens (including phenoxy) is 1. The van der Waals surface area contributed by atoms with E-state index in [1.165, 1.54) is 12.8 Å². The van der Waals surface area contributed by atoms with E-state index in [-0.39, 0.29) is 0 Å². The molecule has 0 aliphatic carbocycles. The zero-order chi connectivity index (χ0) is 11.6. The maximum atomic E-state index is 6.41. The number of nitrogens with two attached hydrogens (primary N) is 1. The first-order valence-corrected chi connectivity index (χ1v) is 6.43. The highest BCUT2D eigenvalue weighted by atomic mass is 16.5. The zero-order valence-corrected chi connectivity index (χ0v) is 10.9. The summed E-state index contributed by atoms with van der Waals surface area (Å²) < 4.78 is 5.87. The summed E-state index contributed by atoms with van der Waals surface area (Å²) in [5.41, 5.74) is 6.41. The fourth-order valence-corrected chi connectivity index (χ4v) is 3.10. The van der Waals surface area contributed by atoms with Gasteiger partial charge < -0.3 is 10.5 Å². The van der Waals surface area contributed by atoms with Gasteiger partial charge in [-0.3, -0.25) is 0 Å². The standard InChI is InChI=1S/C13H27NO/c1-6-11(7-2)13(14)12-8(3)9(4)15-10(12)5/h8-13H,6-7,14H2,1-5H3. The Hall–Kier alpha value is -0.0800.